The lowest BCUT2D eigenvalue weighted by atomic mass is 9.87. The van der Waals surface area contributed by atoms with Gasteiger partial charge in [-0.15, -0.1) is 0 Å². The summed E-state index contributed by atoms with van der Waals surface area (Å²) < 4.78 is 27.4. The van der Waals surface area contributed by atoms with E-state index in [-0.39, 0.29) is 36.0 Å². The maximum atomic E-state index is 13.9. The van der Waals surface area contributed by atoms with Gasteiger partial charge in [0.1, 0.15) is 11.2 Å². The van der Waals surface area contributed by atoms with Crippen LogP contribution >= 0.6 is 0 Å². The Morgan fingerprint density at radius 2 is 1.83 bits per heavy atom. The first-order chi connectivity index (χ1) is 16.9. The van der Waals surface area contributed by atoms with Gasteiger partial charge < -0.3 is 21.3 Å². The molecule has 192 valence electrons. The minimum atomic E-state index is -1.16. The lowest BCUT2D eigenvalue weighted by molar-refractivity contribution is -0.123. The number of fused-ring (bicyclic) bond motifs is 1. The van der Waals surface area contributed by atoms with Crippen LogP contribution in [0, 0.1) is 17.6 Å². The Kier molecular flexibility index (Phi) is 8.65. The third-order valence-electron chi connectivity index (χ3n) is 5.95. The molecule has 0 bridgehead atoms. The second-order valence-corrected chi connectivity index (χ2v) is 9.51. The SMILES string of the molecule is CC(C)(O)CCC(C[C@@H](O)[C@@H](Cc1ccccc1)NC(=O)c1cnc2c(F)c(F)ccc2n1)C(N)=O. The minimum absolute atomic E-state index is 0.00196. The second kappa shape index (κ2) is 11.5. The lowest BCUT2D eigenvalue weighted by Gasteiger charge is -2.28. The molecular formula is C26H30F2N4O4. The van der Waals surface area contributed by atoms with Crippen LogP contribution in [0.15, 0.2) is 48.7 Å². The summed E-state index contributed by atoms with van der Waals surface area (Å²) in [6.07, 6.45) is 0.644. The van der Waals surface area contributed by atoms with Crippen molar-refractivity contribution in [2.75, 3.05) is 0 Å². The van der Waals surface area contributed by atoms with Crippen LogP contribution in [0.25, 0.3) is 11.0 Å². The number of rotatable bonds is 11. The Labute approximate surface area is 207 Å². The number of aliphatic hydroxyl groups is 2. The number of hydrogen-bond donors (Lipinski definition) is 4. The quantitative estimate of drug-likeness (QED) is 0.319. The van der Waals surface area contributed by atoms with Crippen molar-refractivity contribution >= 4 is 22.8 Å². The smallest absolute Gasteiger partial charge is 0.271 e. The first-order valence-electron chi connectivity index (χ1n) is 11.6. The predicted molar refractivity (Wildman–Crippen MR) is 130 cm³/mol. The molecule has 10 heteroatoms. The zero-order chi connectivity index (χ0) is 26.5. The Hall–Kier alpha value is -3.50. The van der Waals surface area contributed by atoms with Crippen molar-refractivity contribution in [1.82, 2.24) is 15.3 Å². The highest BCUT2D eigenvalue weighted by atomic mass is 19.2. The fraction of sp³-hybridized carbons (Fsp3) is 0.385. The average Bonchev–Trinajstić information content (AvgIpc) is 2.83. The van der Waals surface area contributed by atoms with E-state index in [9.17, 15) is 28.6 Å². The van der Waals surface area contributed by atoms with Crippen LogP contribution in [0.3, 0.4) is 0 Å². The van der Waals surface area contributed by atoms with Crippen LogP contribution in [0.4, 0.5) is 8.78 Å². The highest BCUT2D eigenvalue weighted by molar-refractivity contribution is 5.94. The van der Waals surface area contributed by atoms with E-state index in [1.807, 2.05) is 30.3 Å². The topological polar surface area (TPSA) is 138 Å². The zero-order valence-corrected chi connectivity index (χ0v) is 20.1. The second-order valence-electron chi connectivity index (χ2n) is 9.51. The number of benzene rings is 2. The maximum absolute atomic E-state index is 13.9. The standard InChI is InChI=1S/C26H30F2N4O4/c1-26(2,36)11-10-16(24(29)34)13-21(33)19(12-15-6-4-3-5-7-15)32-25(35)20-14-30-23-18(31-20)9-8-17(27)22(23)28/h3-9,14,16,19,21,33,36H,10-13H2,1-2H3,(H2,29,34)(H,32,35)/t16?,19-,21-/m1/s1. The molecule has 2 amide bonds. The van der Waals surface area contributed by atoms with Gasteiger partial charge in [-0.1, -0.05) is 30.3 Å². The van der Waals surface area contributed by atoms with Crippen LogP contribution in [0.1, 0.15) is 49.2 Å². The van der Waals surface area contributed by atoms with Gasteiger partial charge in [-0.25, -0.2) is 18.7 Å². The number of halogens is 2. The molecule has 3 aromatic rings. The summed E-state index contributed by atoms with van der Waals surface area (Å²) in [6.45, 7) is 3.23. The molecule has 0 fully saturated rings. The molecule has 5 N–H and O–H groups in total. The van der Waals surface area contributed by atoms with Gasteiger partial charge >= 0.3 is 0 Å². The summed E-state index contributed by atoms with van der Waals surface area (Å²) in [4.78, 5) is 32.9. The van der Waals surface area contributed by atoms with E-state index in [4.69, 9.17) is 5.73 Å². The highest BCUT2D eigenvalue weighted by Crippen LogP contribution is 2.22. The Bertz CT molecular complexity index is 1220. The van der Waals surface area contributed by atoms with Crippen LogP contribution in [-0.2, 0) is 11.2 Å². The molecule has 0 radical (unpaired) electrons. The highest BCUT2D eigenvalue weighted by Gasteiger charge is 2.29. The molecule has 1 heterocycles. The Morgan fingerprint density at radius 1 is 1.14 bits per heavy atom. The lowest BCUT2D eigenvalue weighted by Crippen LogP contribution is -2.46. The largest absolute Gasteiger partial charge is 0.391 e. The number of aromatic nitrogens is 2. The summed E-state index contributed by atoms with van der Waals surface area (Å²) in [5.41, 5.74) is 4.92. The number of amides is 2. The van der Waals surface area contributed by atoms with Crippen molar-refractivity contribution in [2.24, 2.45) is 11.7 Å². The first-order valence-corrected chi connectivity index (χ1v) is 11.6. The number of hydrogen-bond acceptors (Lipinski definition) is 6. The van der Waals surface area contributed by atoms with Crippen LogP contribution < -0.4 is 11.1 Å². The van der Waals surface area contributed by atoms with E-state index in [0.29, 0.717) is 6.42 Å². The van der Waals surface area contributed by atoms with Gasteiger partial charge in [0.2, 0.25) is 5.91 Å². The van der Waals surface area contributed by atoms with Gasteiger partial charge in [-0.3, -0.25) is 9.59 Å². The molecule has 1 aromatic heterocycles. The van der Waals surface area contributed by atoms with Crippen LogP contribution in [-0.4, -0.2) is 49.7 Å². The molecule has 8 nitrogen and oxygen atoms in total. The third-order valence-corrected chi connectivity index (χ3v) is 5.95. The molecule has 0 saturated carbocycles. The van der Waals surface area contributed by atoms with E-state index in [1.54, 1.807) is 13.8 Å². The number of nitrogens with zero attached hydrogens (tertiary/aromatic N) is 2. The fourth-order valence-electron chi connectivity index (χ4n) is 3.89. The zero-order valence-electron chi connectivity index (χ0n) is 20.1. The number of carbonyl (C=O) groups is 2. The molecule has 0 aliphatic rings. The molecule has 3 rings (SSSR count). The van der Waals surface area contributed by atoms with E-state index in [0.717, 1.165) is 17.8 Å². The monoisotopic (exact) mass is 500 g/mol. The number of primary amides is 1. The number of nitrogens with two attached hydrogens (primary N) is 1. The van der Waals surface area contributed by atoms with Gasteiger partial charge in [0.25, 0.3) is 5.91 Å². The van der Waals surface area contributed by atoms with Crippen molar-refractivity contribution in [1.29, 1.82) is 0 Å². The minimum Gasteiger partial charge on any atom is -0.391 e. The van der Waals surface area contributed by atoms with Gasteiger partial charge in [0, 0.05) is 5.92 Å². The van der Waals surface area contributed by atoms with Crippen molar-refractivity contribution in [3.63, 3.8) is 0 Å². The van der Waals surface area contributed by atoms with E-state index in [2.05, 4.69) is 15.3 Å². The molecule has 1 unspecified atom stereocenters. The third kappa shape index (κ3) is 7.25. The fourth-order valence-corrected chi connectivity index (χ4v) is 3.89. The Morgan fingerprint density at radius 3 is 2.47 bits per heavy atom. The van der Waals surface area contributed by atoms with Gasteiger partial charge in [0.05, 0.1) is 29.5 Å². The molecular weight excluding hydrogens is 470 g/mol. The van der Waals surface area contributed by atoms with Crippen LogP contribution in [0.2, 0.25) is 0 Å². The predicted octanol–water partition coefficient (Wildman–Crippen LogP) is 2.65. The van der Waals surface area contributed by atoms with Gasteiger partial charge in [0.15, 0.2) is 11.6 Å². The van der Waals surface area contributed by atoms with E-state index in [1.165, 1.54) is 6.07 Å². The number of carbonyl (C=O) groups excluding carboxylic acids is 2. The van der Waals surface area contributed by atoms with Crippen LogP contribution in [0.5, 0.6) is 0 Å². The van der Waals surface area contributed by atoms with Crippen molar-refractivity contribution in [2.45, 2.75) is 57.3 Å². The van der Waals surface area contributed by atoms with E-state index < -0.39 is 47.1 Å². The molecule has 3 atom stereocenters. The maximum Gasteiger partial charge on any atom is 0.271 e. The van der Waals surface area contributed by atoms with Crippen molar-refractivity contribution in [3.8, 4) is 0 Å². The molecule has 0 saturated heterocycles. The Balaban J connectivity index is 1.82. The van der Waals surface area contributed by atoms with Gasteiger partial charge in [-0.05, 0) is 57.2 Å². The number of nitrogens with one attached hydrogen (secondary N) is 1. The van der Waals surface area contributed by atoms with Crippen molar-refractivity contribution in [3.05, 3.63) is 71.6 Å². The molecule has 0 aliphatic heterocycles. The number of aliphatic hydroxyl groups excluding tert-OH is 1. The molecule has 36 heavy (non-hydrogen) atoms. The first kappa shape index (κ1) is 27.1. The van der Waals surface area contributed by atoms with E-state index >= 15 is 0 Å². The molecule has 0 spiro atoms. The summed E-state index contributed by atoms with van der Waals surface area (Å²) in [6, 6.07) is 10.4. The summed E-state index contributed by atoms with van der Waals surface area (Å²) >= 11 is 0. The normalized spacial score (nSPS) is 14.3. The summed E-state index contributed by atoms with van der Waals surface area (Å²) in [5, 5.41) is 23.8. The molecule has 0 aliphatic carbocycles. The average molecular weight is 501 g/mol. The van der Waals surface area contributed by atoms with Crippen molar-refractivity contribution < 1.29 is 28.6 Å². The molecule has 2 aromatic carbocycles. The summed E-state index contributed by atoms with van der Waals surface area (Å²) in [5.74, 6) is -4.25. The summed E-state index contributed by atoms with van der Waals surface area (Å²) in [7, 11) is 0. The van der Waals surface area contributed by atoms with Gasteiger partial charge in [-0.2, -0.15) is 0 Å².